The number of phenols is 1. The number of aromatic carboxylic acids is 3. The third-order valence-corrected chi connectivity index (χ3v) is 5.75. The minimum absolute atomic E-state index is 0.00706. The topological polar surface area (TPSA) is 190 Å². The van der Waals surface area contributed by atoms with Gasteiger partial charge in [-0.15, -0.1) is 11.8 Å². The highest BCUT2D eigenvalue weighted by molar-refractivity contribution is 8.00. The van der Waals surface area contributed by atoms with Crippen LogP contribution in [0.3, 0.4) is 0 Å². The summed E-state index contributed by atoms with van der Waals surface area (Å²) in [6, 6.07) is 13.2. The molecule has 0 saturated carbocycles. The summed E-state index contributed by atoms with van der Waals surface area (Å²) in [5, 5.41) is 42.0. The number of carbonyl (C=O) groups excluding carboxylic acids is 2. The molecule has 0 spiro atoms. The molecular weight excluding hydrogens is 492 g/mol. The van der Waals surface area contributed by atoms with Crippen molar-refractivity contribution in [3.8, 4) is 5.75 Å². The molecule has 0 atom stereocenters. The average molecular weight is 510 g/mol. The number of thioether (sulfide) groups is 1. The van der Waals surface area contributed by atoms with Crippen LogP contribution in [0.25, 0.3) is 0 Å². The first-order valence-corrected chi connectivity index (χ1v) is 11.0. The SMILES string of the molecule is O=C(CSc1ccc(NC(=O)c2ccc(C(=O)O)cc2C(=O)O)cc1)Nc1ccc(O)c(C(=O)O)c1. The van der Waals surface area contributed by atoms with E-state index in [2.05, 4.69) is 10.6 Å². The van der Waals surface area contributed by atoms with Crippen LogP contribution in [0.1, 0.15) is 41.4 Å². The van der Waals surface area contributed by atoms with Gasteiger partial charge in [-0.2, -0.15) is 0 Å². The summed E-state index contributed by atoms with van der Waals surface area (Å²) in [5.74, 6) is -5.67. The predicted octanol–water partition coefficient (Wildman–Crippen LogP) is 3.47. The standard InChI is InChI=1S/C24H18N2O9S/c27-19-8-4-14(10-18(19)24(34)35)25-20(28)11-36-15-5-2-13(3-6-15)26-21(29)16-7-1-12(22(30)31)9-17(16)23(32)33/h1-10,27H,11H2,(H,25,28)(H,26,29)(H,30,31)(H,32,33)(H,34,35). The van der Waals surface area contributed by atoms with E-state index in [1.807, 2.05) is 0 Å². The Bertz CT molecular complexity index is 1370. The van der Waals surface area contributed by atoms with Gasteiger partial charge >= 0.3 is 17.9 Å². The molecule has 12 heteroatoms. The molecule has 3 aromatic rings. The number of hydrogen-bond donors (Lipinski definition) is 6. The summed E-state index contributed by atoms with van der Waals surface area (Å²) >= 11 is 1.17. The van der Waals surface area contributed by atoms with E-state index < -0.39 is 41.0 Å². The zero-order valence-electron chi connectivity index (χ0n) is 18.2. The summed E-state index contributed by atoms with van der Waals surface area (Å²) < 4.78 is 0. The monoisotopic (exact) mass is 510 g/mol. The van der Waals surface area contributed by atoms with Gasteiger partial charge < -0.3 is 31.1 Å². The summed E-state index contributed by atoms with van der Waals surface area (Å²) in [5.41, 5.74) is -0.699. The third-order valence-electron chi connectivity index (χ3n) is 4.73. The van der Waals surface area contributed by atoms with Crippen molar-refractivity contribution in [2.24, 2.45) is 0 Å². The second-order valence-corrected chi connectivity index (χ2v) is 8.27. The molecule has 0 heterocycles. The predicted molar refractivity (Wildman–Crippen MR) is 129 cm³/mol. The Morgan fingerprint density at radius 1 is 0.667 bits per heavy atom. The summed E-state index contributed by atoms with van der Waals surface area (Å²) in [7, 11) is 0. The molecule has 11 nitrogen and oxygen atoms in total. The van der Waals surface area contributed by atoms with E-state index in [-0.39, 0.29) is 28.1 Å². The molecule has 6 N–H and O–H groups in total. The molecule has 0 aliphatic heterocycles. The lowest BCUT2D eigenvalue weighted by Crippen LogP contribution is -2.17. The number of aromatic hydroxyl groups is 1. The quantitative estimate of drug-likeness (QED) is 0.183. The zero-order valence-corrected chi connectivity index (χ0v) is 19.0. The molecule has 0 aromatic heterocycles. The van der Waals surface area contributed by atoms with E-state index >= 15 is 0 Å². The first-order valence-electron chi connectivity index (χ1n) is 10.1. The molecule has 184 valence electrons. The number of nitrogens with one attached hydrogen (secondary N) is 2. The first-order chi connectivity index (χ1) is 17.0. The van der Waals surface area contributed by atoms with Crippen LogP contribution in [-0.2, 0) is 4.79 Å². The summed E-state index contributed by atoms with van der Waals surface area (Å²) in [4.78, 5) is 59.0. The van der Waals surface area contributed by atoms with Crippen LogP contribution < -0.4 is 10.6 Å². The summed E-state index contributed by atoms with van der Waals surface area (Å²) in [6.45, 7) is 0. The Morgan fingerprint density at radius 3 is 1.92 bits per heavy atom. The van der Waals surface area contributed by atoms with Gasteiger partial charge in [0.05, 0.1) is 22.4 Å². The molecule has 3 aromatic carbocycles. The molecule has 0 bridgehead atoms. The molecule has 0 fully saturated rings. The van der Waals surface area contributed by atoms with Crippen LogP contribution >= 0.6 is 11.8 Å². The highest BCUT2D eigenvalue weighted by Crippen LogP contribution is 2.24. The van der Waals surface area contributed by atoms with E-state index in [0.717, 1.165) is 24.3 Å². The van der Waals surface area contributed by atoms with Gasteiger partial charge in [-0.05, 0) is 60.7 Å². The van der Waals surface area contributed by atoms with Gasteiger partial charge in [0.1, 0.15) is 11.3 Å². The maximum Gasteiger partial charge on any atom is 0.339 e. The van der Waals surface area contributed by atoms with Gasteiger partial charge in [-0.3, -0.25) is 9.59 Å². The van der Waals surface area contributed by atoms with E-state index in [4.69, 9.17) is 10.2 Å². The molecule has 2 amide bonds. The molecule has 36 heavy (non-hydrogen) atoms. The first kappa shape index (κ1) is 25.8. The number of amides is 2. The third kappa shape index (κ3) is 6.39. The van der Waals surface area contributed by atoms with E-state index in [0.29, 0.717) is 10.6 Å². The van der Waals surface area contributed by atoms with Gasteiger partial charge in [-0.25, -0.2) is 14.4 Å². The lowest BCUT2D eigenvalue weighted by molar-refractivity contribution is -0.113. The summed E-state index contributed by atoms with van der Waals surface area (Å²) in [6.07, 6.45) is 0. The Kier molecular flexibility index (Phi) is 7.92. The van der Waals surface area contributed by atoms with Crippen LogP contribution in [0.4, 0.5) is 11.4 Å². The van der Waals surface area contributed by atoms with Gasteiger partial charge in [0.2, 0.25) is 5.91 Å². The van der Waals surface area contributed by atoms with Crippen molar-refractivity contribution in [3.63, 3.8) is 0 Å². The molecule has 0 aliphatic rings. The number of carboxylic acids is 3. The zero-order chi connectivity index (χ0) is 26.4. The second kappa shape index (κ2) is 11.1. The number of benzene rings is 3. The molecule has 0 unspecified atom stereocenters. The molecule has 3 rings (SSSR count). The van der Waals surface area contributed by atoms with Crippen LogP contribution in [0.15, 0.2) is 65.6 Å². The van der Waals surface area contributed by atoms with Crippen LogP contribution in [0, 0.1) is 0 Å². The lowest BCUT2D eigenvalue weighted by atomic mass is 10.0. The van der Waals surface area contributed by atoms with Gasteiger partial charge in [0.25, 0.3) is 5.91 Å². The van der Waals surface area contributed by atoms with Crippen molar-refractivity contribution in [2.75, 3.05) is 16.4 Å². The van der Waals surface area contributed by atoms with E-state index in [1.165, 1.54) is 23.9 Å². The smallest absolute Gasteiger partial charge is 0.339 e. The Morgan fingerprint density at radius 2 is 1.31 bits per heavy atom. The Balaban J connectivity index is 1.60. The van der Waals surface area contributed by atoms with Crippen LogP contribution in [0.5, 0.6) is 5.75 Å². The number of anilines is 2. The molecule has 0 saturated heterocycles. The fourth-order valence-electron chi connectivity index (χ4n) is 3.02. The van der Waals surface area contributed by atoms with Crippen molar-refractivity contribution < 1.29 is 44.4 Å². The number of rotatable bonds is 9. The highest BCUT2D eigenvalue weighted by atomic mass is 32.2. The number of carboxylic acid groups (broad SMARTS) is 3. The second-order valence-electron chi connectivity index (χ2n) is 7.22. The van der Waals surface area contributed by atoms with Gasteiger partial charge in [0.15, 0.2) is 0 Å². The highest BCUT2D eigenvalue weighted by Gasteiger charge is 2.19. The van der Waals surface area contributed by atoms with Crippen molar-refractivity contribution in [1.82, 2.24) is 0 Å². The fourth-order valence-corrected chi connectivity index (χ4v) is 3.71. The minimum atomic E-state index is -1.44. The van der Waals surface area contributed by atoms with Crippen LogP contribution in [0.2, 0.25) is 0 Å². The maximum atomic E-state index is 12.5. The van der Waals surface area contributed by atoms with Gasteiger partial charge in [0, 0.05) is 16.3 Å². The average Bonchev–Trinajstić information content (AvgIpc) is 2.84. The van der Waals surface area contributed by atoms with Crippen molar-refractivity contribution in [1.29, 1.82) is 0 Å². The van der Waals surface area contributed by atoms with E-state index in [1.54, 1.807) is 24.3 Å². The van der Waals surface area contributed by atoms with Crippen molar-refractivity contribution >= 4 is 52.9 Å². The van der Waals surface area contributed by atoms with E-state index in [9.17, 15) is 34.2 Å². The molecular formula is C24H18N2O9S. The molecule has 0 radical (unpaired) electrons. The van der Waals surface area contributed by atoms with Crippen molar-refractivity contribution in [2.45, 2.75) is 4.90 Å². The minimum Gasteiger partial charge on any atom is -0.507 e. The van der Waals surface area contributed by atoms with Crippen LogP contribution in [-0.4, -0.2) is 55.9 Å². The van der Waals surface area contributed by atoms with Gasteiger partial charge in [-0.1, -0.05) is 0 Å². The largest absolute Gasteiger partial charge is 0.507 e. The maximum absolute atomic E-state index is 12.5. The number of hydrogen-bond acceptors (Lipinski definition) is 7. The Hall–Kier alpha value is -4.84. The fraction of sp³-hybridized carbons (Fsp3) is 0.0417. The van der Waals surface area contributed by atoms with Crippen molar-refractivity contribution in [3.05, 3.63) is 82.9 Å². The number of carbonyl (C=O) groups is 5. The molecule has 0 aliphatic carbocycles. The normalized spacial score (nSPS) is 10.3. The Labute approximate surface area is 207 Å². The lowest BCUT2D eigenvalue weighted by Gasteiger charge is -2.10.